The highest BCUT2D eigenvalue weighted by molar-refractivity contribution is 6.31. The predicted molar refractivity (Wildman–Crippen MR) is 102 cm³/mol. The zero-order valence-corrected chi connectivity index (χ0v) is 16.6. The molecule has 1 aromatic carbocycles. The molecule has 0 N–H and O–H groups in total. The molecule has 0 aliphatic carbocycles. The fraction of sp³-hybridized carbons (Fsp3) is 0.368. The Bertz CT molecular complexity index is 876. The van der Waals surface area contributed by atoms with Gasteiger partial charge in [0, 0.05) is 0 Å². The molecule has 9 heteroatoms. The smallest absolute Gasteiger partial charge is 0.325 e. The third-order valence-electron chi connectivity index (χ3n) is 3.86. The lowest BCUT2D eigenvalue weighted by Crippen LogP contribution is -2.35. The van der Waals surface area contributed by atoms with Gasteiger partial charge in [-0.25, -0.2) is 4.68 Å². The third kappa shape index (κ3) is 4.89. The van der Waals surface area contributed by atoms with Crippen molar-refractivity contribution in [3.05, 3.63) is 57.0 Å². The molecule has 0 saturated carbocycles. The van der Waals surface area contributed by atoms with E-state index in [9.17, 15) is 14.4 Å². The van der Waals surface area contributed by atoms with Crippen LogP contribution in [0.1, 0.15) is 30.9 Å². The van der Waals surface area contributed by atoms with E-state index in [0.29, 0.717) is 5.75 Å². The number of carbonyl (C=O) groups excluding carboxylic acids is 2. The van der Waals surface area contributed by atoms with Crippen LogP contribution in [0.5, 0.6) is 5.75 Å². The van der Waals surface area contributed by atoms with Crippen LogP contribution in [0, 0.1) is 0 Å². The topological polar surface area (TPSA) is 96.7 Å². The maximum absolute atomic E-state index is 13.0. The quantitative estimate of drug-likeness (QED) is 0.487. The molecule has 150 valence electrons. The summed E-state index contributed by atoms with van der Waals surface area (Å²) in [6.07, 6.45) is 1.22. The lowest BCUT2D eigenvalue weighted by atomic mass is 10.0. The van der Waals surface area contributed by atoms with Gasteiger partial charge in [-0.15, -0.1) is 0 Å². The zero-order chi connectivity index (χ0) is 20.7. The maximum Gasteiger partial charge on any atom is 0.325 e. The number of methoxy groups -OCH3 is 1. The number of ether oxygens (including phenoxy) is 3. The van der Waals surface area contributed by atoms with Gasteiger partial charge in [0.2, 0.25) is 0 Å². The fourth-order valence-corrected chi connectivity index (χ4v) is 2.78. The zero-order valence-electron chi connectivity index (χ0n) is 15.8. The second kappa shape index (κ2) is 9.89. The van der Waals surface area contributed by atoms with Crippen LogP contribution in [-0.2, 0) is 25.6 Å². The Morgan fingerprint density at radius 3 is 2.18 bits per heavy atom. The first-order valence-electron chi connectivity index (χ1n) is 8.64. The molecule has 0 fully saturated rings. The number of nitrogens with zero attached hydrogens (tertiary/aromatic N) is 2. The summed E-state index contributed by atoms with van der Waals surface area (Å²) in [7, 11) is 1.55. The molecule has 0 atom stereocenters. The van der Waals surface area contributed by atoms with E-state index in [1.165, 1.54) is 6.20 Å². The number of rotatable bonds is 8. The van der Waals surface area contributed by atoms with E-state index in [1.54, 1.807) is 45.2 Å². The van der Waals surface area contributed by atoms with E-state index in [4.69, 9.17) is 25.8 Å². The maximum atomic E-state index is 13.0. The van der Waals surface area contributed by atoms with Crippen molar-refractivity contribution in [2.24, 2.45) is 0 Å². The highest BCUT2D eigenvalue weighted by Gasteiger charge is 2.36. The molecule has 1 heterocycles. The average Bonchev–Trinajstić information content (AvgIpc) is 2.68. The van der Waals surface area contributed by atoms with Crippen molar-refractivity contribution in [3.8, 4) is 5.75 Å². The molecule has 1 aromatic heterocycles. The molecule has 0 bridgehead atoms. The van der Waals surface area contributed by atoms with E-state index in [2.05, 4.69) is 5.10 Å². The van der Waals surface area contributed by atoms with Crippen LogP contribution < -0.4 is 10.3 Å². The van der Waals surface area contributed by atoms with Crippen molar-refractivity contribution >= 4 is 23.5 Å². The second-order valence-corrected chi connectivity index (χ2v) is 6.06. The summed E-state index contributed by atoms with van der Waals surface area (Å²) >= 11 is 6.12. The summed E-state index contributed by atoms with van der Waals surface area (Å²) < 4.78 is 16.1. The summed E-state index contributed by atoms with van der Waals surface area (Å²) in [6, 6.07) is 7.04. The number of hydrogen-bond donors (Lipinski definition) is 0. The predicted octanol–water partition coefficient (Wildman–Crippen LogP) is 2.16. The molecule has 28 heavy (non-hydrogen) atoms. The molecule has 0 spiro atoms. The molecule has 2 rings (SSSR count). The molecular formula is C19H21ClN2O6. The Balaban J connectivity index is 2.46. The average molecular weight is 409 g/mol. The molecule has 2 aromatic rings. The van der Waals surface area contributed by atoms with E-state index >= 15 is 0 Å². The van der Waals surface area contributed by atoms with Crippen molar-refractivity contribution in [1.29, 1.82) is 0 Å². The summed E-state index contributed by atoms with van der Waals surface area (Å²) in [5, 5.41) is 3.90. The standard InChI is InChI=1S/C19H21ClN2O6/c1-4-27-18(24)16(19(25)28-5-2)15-14(20)10-21-22(17(15)23)11-12-6-8-13(26-3)9-7-12/h6-10,16H,4-5,11H2,1-3H3. The van der Waals surface area contributed by atoms with Crippen molar-refractivity contribution in [1.82, 2.24) is 9.78 Å². The van der Waals surface area contributed by atoms with Gasteiger partial charge < -0.3 is 14.2 Å². The molecule has 0 radical (unpaired) electrons. The van der Waals surface area contributed by atoms with Gasteiger partial charge >= 0.3 is 11.9 Å². The first-order valence-corrected chi connectivity index (χ1v) is 9.02. The van der Waals surface area contributed by atoms with E-state index in [-0.39, 0.29) is 30.3 Å². The van der Waals surface area contributed by atoms with Gasteiger partial charge in [-0.2, -0.15) is 5.10 Å². The highest BCUT2D eigenvalue weighted by atomic mass is 35.5. The largest absolute Gasteiger partial charge is 0.497 e. The van der Waals surface area contributed by atoms with Gasteiger partial charge in [-0.3, -0.25) is 14.4 Å². The molecule has 0 aliphatic heterocycles. The Labute approximate surface area is 167 Å². The van der Waals surface area contributed by atoms with Gasteiger partial charge in [0.25, 0.3) is 5.56 Å². The number of hydrogen-bond acceptors (Lipinski definition) is 7. The Kier molecular flexibility index (Phi) is 7.57. The molecule has 0 saturated heterocycles. The van der Waals surface area contributed by atoms with Crippen LogP contribution in [0.2, 0.25) is 5.02 Å². The van der Waals surface area contributed by atoms with Gasteiger partial charge in [-0.1, -0.05) is 23.7 Å². The van der Waals surface area contributed by atoms with Crippen molar-refractivity contribution < 1.29 is 23.8 Å². The first-order chi connectivity index (χ1) is 13.4. The Morgan fingerprint density at radius 1 is 1.11 bits per heavy atom. The minimum Gasteiger partial charge on any atom is -0.497 e. The van der Waals surface area contributed by atoms with Crippen LogP contribution >= 0.6 is 11.6 Å². The SMILES string of the molecule is CCOC(=O)C(C(=O)OCC)c1c(Cl)cnn(Cc2ccc(OC)cc2)c1=O. The van der Waals surface area contributed by atoms with E-state index < -0.39 is 23.4 Å². The number of carbonyl (C=O) groups is 2. The summed E-state index contributed by atoms with van der Waals surface area (Å²) in [5.74, 6) is -2.71. The molecule has 0 unspecified atom stereocenters. The minimum absolute atomic E-state index is 0.0392. The van der Waals surface area contributed by atoms with Gasteiger partial charge in [0.05, 0.1) is 43.7 Å². The van der Waals surface area contributed by atoms with Crippen molar-refractivity contribution in [2.45, 2.75) is 26.3 Å². The minimum atomic E-state index is -1.58. The molecule has 0 amide bonds. The fourth-order valence-electron chi connectivity index (χ4n) is 2.54. The molecule has 8 nitrogen and oxygen atoms in total. The Morgan fingerprint density at radius 2 is 1.68 bits per heavy atom. The number of aromatic nitrogens is 2. The van der Waals surface area contributed by atoms with Gasteiger partial charge in [-0.05, 0) is 31.5 Å². The number of benzene rings is 1. The lowest BCUT2D eigenvalue weighted by Gasteiger charge is -2.16. The highest BCUT2D eigenvalue weighted by Crippen LogP contribution is 2.23. The van der Waals surface area contributed by atoms with Crippen LogP contribution in [0.3, 0.4) is 0 Å². The summed E-state index contributed by atoms with van der Waals surface area (Å²) in [4.78, 5) is 37.6. The monoisotopic (exact) mass is 408 g/mol. The third-order valence-corrected chi connectivity index (χ3v) is 4.16. The lowest BCUT2D eigenvalue weighted by molar-refractivity contribution is -0.157. The number of halogens is 1. The van der Waals surface area contributed by atoms with E-state index in [1.807, 2.05) is 0 Å². The van der Waals surface area contributed by atoms with Crippen LogP contribution in [0.15, 0.2) is 35.3 Å². The van der Waals surface area contributed by atoms with Gasteiger partial charge in [0.15, 0.2) is 5.92 Å². The molecule has 0 aliphatic rings. The molecular weight excluding hydrogens is 388 g/mol. The normalized spacial score (nSPS) is 10.6. The number of esters is 2. The summed E-state index contributed by atoms with van der Waals surface area (Å²) in [5.41, 5.74) is -0.121. The van der Waals surface area contributed by atoms with Crippen molar-refractivity contribution in [2.75, 3.05) is 20.3 Å². The van der Waals surface area contributed by atoms with Crippen LogP contribution in [0.4, 0.5) is 0 Å². The first kappa shape index (κ1) is 21.4. The van der Waals surface area contributed by atoms with Crippen LogP contribution in [-0.4, -0.2) is 42.0 Å². The van der Waals surface area contributed by atoms with Crippen LogP contribution in [0.25, 0.3) is 0 Å². The summed E-state index contributed by atoms with van der Waals surface area (Å²) in [6.45, 7) is 3.38. The Hall–Kier alpha value is -2.87. The van der Waals surface area contributed by atoms with Gasteiger partial charge in [0.1, 0.15) is 5.75 Å². The van der Waals surface area contributed by atoms with Crippen molar-refractivity contribution in [3.63, 3.8) is 0 Å². The van der Waals surface area contributed by atoms with E-state index in [0.717, 1.165) is 10.2 Å². The second-order valence-electron chi connectivity index (χ2n) is 5.65.